The van der Waals surface area contributed by atoms with Crippen LogP contribution in [0.5, 0.6) is 0 Å². The molecule has 0 heterocycles. The number of anilines is 1. The van der Waals surface area contributed by atoms with Crippen molar-refractivity contribution in [1.29, 1.82) is 0 Å². The summed E-state index contributed by atoms with van der Waals surface area (Å²) in [5.74, 6) is -0.701. The van der Waals surface area contributed by atoms with Gasteiger partial charge in [-0.1, -0.05) is 61.4 Å². The van der Waals surface area contributed by atoms with Gasteiger partial charge in [0.2, 0.25) is 21.8 Å². The number of rotatable bonds is 11. The molecular weight excluding hydrogens is 438 g/mol. The maximum Gasteiger partial charge on any atom is 0.244 e. The van der Waals surface area contributed by atoms with E-state index in [0.29, 0.717) is 12.2 Å². The molecule has 2 aromatic carbocycles. The quantitative estimate of drug-likeness (QED) is 0.507. The number of amides is 2. The van der Waals surface area contributed by atoms with Crippen LogP contribution in [0.2, 0.25) is 0 Å². The number of nitrogens with one attached hydrogen (secondary N) is 1. The first-order valence-corrected chi connectivity index (χ1v) is 13.1. The average Bonchev–Trinajstić information content (AvgIpc) is 2.76. The van der Waals surface area contributed by atoms with Gasteiger partial charge in [0, 0.05) is 13.1 Å². The molecular formula is C25H35N3O4S. The first kappa shape index (κ1) is 26.4. The van der Waals surface area contributed by atoms with Crippen LogP contribution in [-0.4, -0.2) is 50.5 Å². The summed E-state index contributed by atoms with van der Waals surface area (Å²) in [7, 11) is -3.73. The van der Waals surface area contributed by atoms with Crippen molar-refractivity contribution in [3.63, 3.8) is 0 Å². The normalized spacial score (nSPS) is 12.2. The summed E-state index contributed by atoms with van der Waals surface area (Å²) in [6, 6.07) is 14.0. The molecule has 0 fully saturated rings. The maximum absolute atomic E-state index is 13.5. The molecule has 0 aromatic heterocycles. The number of benzene rings is 2. The Morgan fingerprint density at radius 1 is 1.03 bits per heavy atom. The molecule has 0 radical (unpaired) electrons. The molecule has 1 atom stereocenters. The molecule has 7 nitrogen and oxygen atoms in total. The Morgan fingerprint density at radius 3 is 2.24 bits per heavy atom. The van der Waals surface area contributed by atoms with Gasteiger partial charge in [-0.2, -0.15) is 0 Å². The van der Waals surface area contributed by atoms with Crippen molar-refractivity contribution in [2.45, 2.75) is 53.1 Å². The fourth-order valence-electron chi connectivity index (χ4n) is 3.45. The van der Waals surface area contributed by atoms with Crippen LogP contribution in [0, 0.1) is 13.8 Å². The minimum Gasteiger partial charge on any atom is -0.354 e. The molecule has 0 saturated carbocycles. The fourth-order valence-corrected chi connectivity index (χ4v) is 4.35. The third kappa shape index (κ3) is 7.60. The van der Waals surface area contributed by atoms with Crippen LogP contribution >= 0.6 is 0 Å². The van der Waals surface area contributed by atoms with Crippen LogP contribution in [0.25, 0.3) is 0 Å². The lowest BCUT2D eigenvalue weighted by Crippen LogP contribution is -2.51. The molecule has 0 saturated heterocycles. The average molecular weight is 474 g/mol. The van der Waals surface area contributed by atoms with Gasteiger partial charge in [0.05, 0.1) is 11.9 Å². The first-order valence-electron chi connectivity index (χ1n) is 11.2. The van der Waals surface area contributed by atoms with Crippen LogP contribution < -0.4 is 9.62 Å². The van der Waals surface area contributed by atoms with E-state index in [1.54, 1.807) is 32.0 Å². The number of carbonyl (C=O) groups is 2. The van der Waals surface area contributed by atoms with Gasteiger partial charge in [-0.3, -0.25) is 13.9 Å². The second-order valence-corrected chi connectivity index (χ2v) is 10.3. The van der Waals surface area contributed by atoms with E-state index >= 15 is 0 Å². The van der Waals surface area contributed by atoms with Gasteiger partial charge >= 0.3 is 0 Å². The molecule has 2 rings (SSSR count). The zero-order chi connectivity index (χ0) is 24.6. The van der Waals surface area contributed by atoms with Gasteiger partial charge in [-0.05, 0) is 44.4 Å². The van der Waals surface area contributed by atoms with Gasteiger partial charge in [-0.25, -0.2) is 8.42 Å². The van der Waals surface area contributed by atoms with E-state index in [4.69, 9.17) is 0 Å². The maximum atomic E-state index is 13.5. The third-order valence-electron chi connectivity index (χ3n) is 5.53. The Hall–Kier alpha value is -2.87. The predicted molar refractivity (Wildman–Crippen MR) is 132 cm³/mol. The Bertz CT molecular complexity index is 1050. The van der Waals surface area contributed by atoms with Crippen LogP contribution in [0.4, 0.5) is 5.69 Å². The SMILES string of the molecule is CCCCNC(=O)[C@H](C)N(Cc1ccc(C)cc1)C(=O)CN(c1ccccc1C)S(C)(=O)=O. The second kappa shape index (κ2) is 11.8. The van der Waals surface area contributed by atoms with Crippen LogP contribution in [0.15, 0.2) is 48.5 Å². The summed E-state index contributed by atoms with van der Waals surface area (Å²) in [6.45, 7) is 7.83. The molecule has 0 aliphatic carbocycles. The monoisotopic (exact) mass is 473 g/mol. The highest BCUT2D eigenvalue weighted by atomic mass is 32.2. The number of unbranched alkanes of at least 4 members (excludes halogenated alkanes) is 1. The van der Waals surface area contributed by atoms with Crippen LogP contribution in [0.1, 0.15) is 43.4 Å². The highest BCUT2D eigenvalue weighted by Crippen LogP contribution is 2.23. The topological polar surface area (TPSA) is 86.8 Å². The van der Waals surface area contributed by atoms with E-state index < -0.39 is 22.0 Å². The number of hydrogen-bond acceptors (Lipinski definition) is 4. The third-order valence-corrected chi connectivity index (χ3v) is 6.66. The van der Waals surface area contributed by atoms with Gasteiger partial charge in [0.1, 0.15) is 12.6 Å². The smallest absolute Gasteiger partial charge is 0.244 e. The number of aryl methyl sites for hydroxylation is 2. The number of sulfonamides is 1. The number of carbonyl (C=O) groups excluding carboxylic acids is 2. The molecule has 0 unspecified atom stereocenters. The molecule has 0 bridgehead atoms. The summed E-state index contributed by atoms with van der Waals surface area (Å²) < 4.78 is 26.3. The van der Waals surface area contributed by atoms with E-state index in [2.05, 4.69) is 5.32 Å². The molecule has 1 N–H and O–H groups in total. The minimum absolute atomic E-state index is 0.201. The second-order valence-electron chi connectivity index (χ2n) is 8.38. The van der Waals surface area contributed by atoms with Crippen molar-refractivity contribution in [3.05, 3.63) is 65.2 Å². The van der Waals surface area contributed by atoms with Crippen molar-refractivity contribution < 1.29 is 18.0 Å². The first-order chi connectivity index (χ1) is 15.5. The van der Waals surface area contributed by atoms with Gasteiger partial charge in [0.25, 0.3) is 0 Å². The molecule has 0 aliphatic rings. The van der Waals surface area contributed by atoms with Crippen molar-refractivity contribution in [3.8, 4) is 0 Å². The fraction of sp³-hybridized carbons (Fsp3) is 0.440. The summed E-state index contributed by atoms with van der Waals surface area (Å²) in [5, 5.41) is 2.87. The molecule has 8 heteroatoms. The molecule has 0 spiro atoms. The van der Waals surface area contributed by atoms with Gasteiger partial charge in [-0.15, -0.1) is 0 Å². The minimum atomic E-state index is -3.73. The lowest BCUT2D eigenvalue weighted by Gasteiger charge is -2.32. The highest BCUT2D eigenvalue weighted by Gasteiger charge is 2.30. The lowest BCUT2D eigenvalue weighted by atomic mass is 10.1. The molecule has 33 heavy (non-hydrogen) atoms. The summed E-state index contributed by atoms with van der Waals surface area (Å²) in [6.07, 6.45) is 2.87. The molecule has 2 amide bonds. The van der Waals surface area contributed by atoms with E-state index in [0.717, 1.165) is 40.1 Å². The molecule has 0 aliphatic heterocycles. The number of nitrogens with zero attached hydrogens (tertiary/aromatic N) is 2. The van der Waals surface area contributed by atoms with Gasteiger partial charge in [0.15, 0.2) is 0 Å². The molecule has 180 valence electrons. The molecule has 2 aromatic rings. The van der Waals surface area contributed by atoms with Crippen molar-refractivity contribution in [2.75, 3.05) is 23.7 Å². The van der Waals surface area contributed by atoms with Crippen LogP contribution in [-0.2, 0) is 26.2 Å². The standard InChI is InChI=1S/C25H35N3O4S/c1-6-7-16-26-25(30)21(4)27(17-22-14-12-19(2)13-15-22)24(29)18-28(33(5,31)32)23-11-9-8-10-20(23)3/h8-15,21H,6-7,16-18H2,1-5H3,(H,26,30)/t21-/m0/s1. The lowest BCUT2D eigenvalue weighted by molar-refractivity contribution is -0.139. The zero-order valence-electron chi connectivity index (χ0n) is 20.2. The van der Waals surface area contributed by atoms with Crippen molar-refractivity contribution >= 4 is 27.5 Å². The predicted octanol–water partition coefficient (Wildman–Crippen LogP) is 3.40. The van der Waals surface area contributed by atoms with E-state index in [1.165, 1.54) is 4.90 Å². The van der Waals surface area contributed by atoms with E-state index in [1.807, 2.05) is 44.2 Å². The van der Waals surface area contributed by atoms with Crippen molar-refractivity contribution in [2.24, 2.45) is 0 Å². The Kier molecular flexibility index (Phi) is 9.46. The Balaban J connectivity index is 2.34. The number of hydrogen-bond donors (Lipinski definition) is 1. The Labute approximate surface area is 197 Å². The van der Waals surface area contributed by atoms with E-state index in [9.17, 15) is 18.0 Å². The Morgan fingerprint density at radius 2 is 1.67 bits per heavy atom. The van der Waals surface area contributed by atoms with Gasteiger partial charge < -0.3 is 10.2 Å². The van der Waals surface area contributed by atoms with Crippen LogP contribution in [0.3, 0.4) is 0 Å². The summed E-state index contributed by atoms with van der Waals surface area (Å²) in [4.78, 5) is 27.7. The van der Waals surface area contributed by atoms with Crippen molar-refractivity contribution in [1.82, 2.24) is 10.2 Å². The highest BCUT2D eigenvalue weighted by molar-refractivity contribution is 7.92. The summed E-state index contributed by atoms with van der Waals surface area (Å²) in [5.41, 5.74) is 3.14. The zero-order valence-corrected chi connectivity index (χ0v) is 21.0. The summed E-state index contributed by atoms with van der Waals surface area (Å²) >= 11 is 0. The van der Waals surface area contributed by atoms with E-state index in [-0.39, 0.29) is 19.0 Å². The number of para-hydroxylation sites is 1. The largest absolute Gasteiger partial charge is 0.354 e.